The van der Waals surface area contributed by atoms with Gasteiger partial charge in [-0.05, 0) is 52.7 Å². The van der Waals surface area contributed by atoms with Gasteiger partial charge in [0.15, 0.2) is 0 Å². The second kappa shape index (κ2) is 5.18. The lowest BCUT2D eigenvalue weighted by Crippen LogP contribution is -2.22. The third-order valence-corrected chi connectivity index (χ3v) is 3.09. The van der Waals surface area contributed by atoms with Gasteiger partial charge in [0.1, 0.15) is 5.56 Å². The van der Waals surface area contributed by atoms with Gasteiger partial charge in [0.05, 0.1) is 5.69 Å². The molecule has 0 aliphatic carbocycles. The number of halogens is 1. The minimum absolute atomic E-state index is 0.0879. The standard InChI is InChI=1S/C13H11BrN2O2/c1-8-4-5-11(10(14)7-8)16-13(18)9-3-2-6-15-12(9)17/h2-7H,1H3,(H,15,17)(H,16,18). The first kappa shape index (κ1) is 12.6. The first-order valence-corrected chi connectivity index (χ1v) is 6.12. The molecule has 0 bridgehead atoms. The van der Waals surface area contributed by atoms with Crippen LogP contribution in [-0.2, 0) is 0 Å². The molecule has 0 spiro atoms. The topological polar surface area (TPSA) is 62.0 Å². The molecule has 1 amide bonds. The van der Waals surface area contributed by atoms with Gasteiger partial charge in [-0.3, -0.25) is 9.59 Å². The molecule has 0 saturated heterocycles. The molecule has 92 valence electrons. The molecule has 0 unspecified atom stereocenters. The van der Waals surface area contributed by atoms with Crippen LogP contribution in [0.15, 0.2) is 45.8 Å². The van der Waals surface area contributed by atoms with Gasteiger partial charge in [0.2, 0.25) is 0 Å². The summed E-state index contributed by atoms with van der Waals surface area (Å²) >= 11 is 3.37. The molecule has 18 heavy (non-hydrogen) atoms. The van der Waals surface area contributed by atoms with Crippen LogP contribution in [0.2, 0.25) is 0 Å². The molecule has 2 rings (SSSR count). The lowest BCUT2D eigenvalue weighted by atomic mass is 10.2. The molecule has 2 N–H and O–H groups in total. The quantitative estimate of drug-likeness (QED) is 0.896. The molecule has 0 radical (unpaired) electrons. The molecule has 0 aliphatic heterocycles. The number of aryl methyl sites for hydroxylation is 1. The van der Waals surface area contributed by atoms with Crippen LogP contribution < -0.4 is 10.9 Å². The molecule has 1 aromatic carbocycles. The Bertz CT molecular complexity index is 649. The van der Waals surface area contributed by atoms with E-state index in [2.05, 4.69) is 26.2 Å². The van der Waals surface area contributed by atoms with Gasteiger partial charge in [-0.2, -0.15) is 0 Å². The van der Waals surface area contributed by atoms with Crippen LogP contribution in [0.4, 0.5) is 5.69 Å². The summed E-state index contributed by atoms with van der Waals surface area (Å²) in [5.41, 5.74) is 1.40. The molecule has 1 heterocycles. The van der Waals surface area contributed by atoms with Gasteiger partial charge >= 0.3 is 0 Å². The van der Waals surface area contributed by atoms with Crippen molar-refractivity contribution in [3.05, 3.63) is 62.5 Å². The van der Waals surface area contributed by atoms with Crippen molar-refractivity contribution < 1.29 is 4.79 Å². The van der Waals surface area contributed by atoms with E-state index in [1.807, 2.05) is 19.1 Å². The Labute approximate surface area is 112 Å². The van der Waals surface area contributed by atoms with E-state index < -0.39 is 11.5 Å². The van der Waals surface area contributed by atoms with Crippen LogP contribution in [0.25, 0.3) is 0 Å². The van der Waals surface area contributed by atoms with Crippen molar-refractivity contribution >= 4 is 27.5 Å². The fourth-order valence-electron chi connectivity index (χ4n) is 1.51. The van der Waals surface area contributed by atoms with Crippen LogP contribution in [0.5, 0.6) is 0 Å². The van der Waals surface area contributed by atoms with E-state index in [0.29, 0.717) is 5.69 Å². The highest BCUT2D eigenvalue weighted by Gasteiger charge is 2.11. The highest BCUT2D eigenvalue weighted by Crippen LogP contribution is 2.23. The molecule has 5 heteroatoms. The smallest absolute Gasteiger partial charge is 0.261 e. The number of anilines is 1. The summed E-state index contributed by atoms with van der Waals surface area (Å²) in [6.45, 7) is 1.96. The zero-order valence-electron chi connectivity index (χ0n) is 9.66. The van der Waals surface area contributed by atoms with E-state index >= 15 is 0 Å². The van der Waals surface area contributed by atoms with E-state index in [0.717, 1.165) is 10.0 Å². The number of aromatic amines is 1. The number of carbonyl (C=O) groups is 1. The number of hydrogen-bond donors (Lipinski definition) is 2. The zero-order chi connectivity index (χ0) is 13.1. The number of aromatic nitrogens is 1. The van der Waals surface area contributed by atoms with E-state index in [1.165, 1.54) is 12.3 Å². The maximum atomic E-state index is 11.9. The van der Waals surface area contributed by atoms with Crippen molar-refractivity contribution in [3.8, 4) is 0 Å². The Hall–Kier alpha value is -1.88. The van der Waals surface area contributed by atoms with Crippen molar-refractivity contribution in [2.45, 2.75) is 6.92 Å². The lowest BCUT2D eigenvalue weighted by Gasteiger charge is -2.07. The maximum Gasteiger partial charge on any atom is 0.261 e. The molecule has 2 aromatic rings. The van der Waals surface area contributed by atoms with Gasteiger partial charge in [0, 0.05) is 10.7 Å². The minimum atomic E-state index is -0.429. The first-order chi connectivity index (χ1) is 8.58. The predicted molar refractivity (Wildman–Crippen MR) is 73.9 cm³/mol. The van der Waals surface area contributed by atoms with Crippen LogP contribution in [0.1, 0.15) is 15.9 Å². The highest BCUT2D eigenvalue weighted by atomic mass is 79.9. The second-order valence-corrected chi connectivity index (χ2v) is 4.70. The zero-order valence-corrected chi connectivity index (χ0v) is 11.2. The van der Waals surface area contributed by atoms with Crippen molar-refractivity contribution in [2.75, 3.05) is 5.32 Å². The number of hydrogen-bond acceptors (Lipinski definition) is 2. The average Bonchev–Trinajstić information content (AvgIpc) is 2.33. The average molecular weight is 307 g/mol. The summed E-state index contributed by atoms with van der Waals surface area (Å²) in [4.78, 5) is 25.8. The third-order valence-electron chi connectivity index (χ3n) is 2.44. The van der Waals surface area contributed by atoms with E-state index in [-0.39, 0.29) is 5.56 Å². The normalized spacial score (nSPS) is 10.1. The number of carbonyl (C=O) groups excluding carboxylic acids is 1. The van der Waals surface area contributed by atoms with Crippen LogP contribution in [-0.4, -0.2) is 10.9 Å². The van der Waals surface area contributed by atoms with Crippen molar-refractivity contribution in [2.24, 2.45) is 0 Å². The molecular formula is C13H11BrN2O2. The first-order valence-electron chi connectivity index (χ1n) is 5.33. The van der Waals surface area contributed by atoms with Crippen molar-refractivity contribution in [1.82, 2.24) is 4.98 Å². The molecule has 0 saturated carbocycles. The Morgan fingerprint density at radius 1 is 1.33 bits per heavy atom. The summed E-state index contributed by atoms with van der Waals surface area (Å²) in [7, 11) is 0. The number of nitrogens with one attached hydrogen (secondary N) is 2. The Morgan fingerprint density at radius 3 is 2.78 bits per heavy atom. The summed E-state index contributed by atoms with van der Waals surface area (Å²) in [5, 5.41) is 2.69. The van der Waals surface area contributed by atoms with Crippen LogP contribution in [0.3, 0.4) is 0 Å². The Morgan fingerprint density at radius 2 is 2.11 bits per heavy atom. The van der Waals surface area contributed by atoms with Gasteiger partial charge < -0.3 is 10.3 Å². The molecular weight excluding hydrogens is 296 g/mol. The summed E-state index contributed by atoms with van der Waals surface area (Å²) < 4.78 is 0.781. The summed E-state index contributed by atoms with van der Waals surface area (Å²) in [6, 6.07) is 8.66. The maximum absolute atomic E-state index is 11.9. The lowest BCUT2D eigenvalue weighted by molar-refractivity contribution is 0.102. The minimum Gasteiger partial charge on any atom is -0.328 e. The van der Waals surface area contributed by atoms with Gasteiger partial charge in [-0.1, -0.05) is 6.07 Å². The Balaban J connectivity index is 2.27. The third kappa shape index (κ3) is 2.68. The number of rotatable bonds is 2. The summed E-state index contributed by atoms with van der Waals surface area (Å²) in [6.07, 6.45) is 1.49. The molecule has 4 nitrogen and oxygen atoms in total. The van der Waals surface area contributed by atoms with Crippen molar-refractivity contribution in [3.63, 3.8) is 0 Å². The highest BCUT2D eigenvalue weighted by molar-refractivity contribution is 9.10. The van der Waals surface area contributed by atoms with E-state index in [9.17, 15) is 9.59 Å². The van der Waals surface area contributed by atoms with Gasteiger partial charge in [-0.15, -0.1) is 0 Å². The second-order valence-electron chi connectivity index (χ2n) is 3.85. The van der Waals surface area contributed by atoms with Crippen molar-refractivity contribution in [1.29, 1.82) is 0 Å². The van der Waals surface area contributed by atoms with Crippen LogP contribution in [0, 0.1) is 6.92 Å². The molecule has 0 aliphatic rings. The SMILES string of the molecule is Cc1ccc(NC(=O)c2ccc[nH]c2=O)c(Br)c1. The van der Waals surface area contributed by atoms with E-state index in [1.54, 1.807) is 12.1 Å². The fraction of sp³-hybridized carbons (Fsp3) is 0.0769. The fourth-order valence-corrected chi connectivity index (χ4v) is 2.10. The number of benzene rings is 1. The molecule has 1 aromatic heterocycles. The Kier molecular flexibility index (Phi) is 3.62. The monoisotopic (exact) mass is 306 g/mol. The van der Waals surface area contributed by atoms with Gasteiger partial charge in [0.25, 0.3) is 11.5 Å². The van der Waals surface area contributed by atoms with Crippen LogP contribution >= 0.6 is 15.9 Å². The number of amides is 1. The summed E-state index contributed by atoms with van der Waals surface area (Å²) in [5.74, 6) is -0.429. The molecule has 0 fully saturated rings. The largest absolute Gasteiger partial charge is 0.328 e. The predicted octanol–water partition coefficient (Wildman–Crippen LogP) is 2.70. The van der Waals surface area contributed by atoms with Gasteiger partial charge in [-0.25, -0.2) is 0 Å². The molecule has 0 atom stereocenters. The van der Waals surface area contributed by atoms with E-state index in [4.69, 9.17) is 0 Å². The number of pyridine rings is 1. The number of H-pyrrole nitrogens is 1.